The smallest absolute Gasteiger partial charge is 0.407 e. The lowest BCUT2D eigenvalue weighted by atomic mass is 9.93. The number of methoxy groups -OCH3 is 4. The zero-order chi connectivity index (χ0) is 24.8. The zero-order valence-corrected chi connectivity index (χ0v) is 20.9. The number of hydrogen-bond donors (Lipinski definition) is 2. The van der Waals surface area contributed by atoms with Gasteiger partial charge in [-0.05, 0) is 47.7 Å². The normalized spacial score (nSPS) is 17.4. The largest absolute Gasteiger partial charge is 0.497 e. The van der Waals surface area contributed by atoms with Gasteiger partial charge in [-0.2, -0.15) is 0 Å². The minimum atomic E-state index is -0.424. The van der Waals surface area contributed by atoms with Crippen molar-refractivity contribution in [2.75, 3.05) is 67.8 Å². The number of alkyl carbamates (subject to hydrolysis) is 1. The van der Waals surface area contributed by atoms with Gasteiger partial charge in [-0.1, -0.05) is 6.07 Å². The second-order valence-electron chi connectivity index (χ2n) is 8.60. The highest BCUT2D eigenvalue weighted by Gasteiger charge is 2.30. The number of hydrogen-bond acceptors (Lipinski definition) is 8. The number of aryl methyl sites for hydroxylation is 1. The van der Waals surface area contributed by atoms with Crippen LogP contribution in [-0.2, 0) is 11.2 Å². The minimum absolute atomic E-state index is 0.263. The highest BCUT2D eigenvalue weighted by molar-refractivity contribution is 5.83. The third-order valence-electron chi connectivity index (χ3n) is 6.66. The van der Waals surface area contributed by atoms with Crippen LogP contribution in [0, 0.1) is 0 Å². The standard InChI is InChI=1S/C26H35N3O6/c1-31-18-6-7-19-20(16-18)21(28-26(30)35-14-13-29-11-9-27-10-12-29)8-5-17-15-22(32-2)24(33-3)25(34-4)23(17)19/h6-7,15-16,21,27H,5,8-14H2,1-4H3,(H,28,30)/t21-/m0/s1. The Hall–Kier alpha value is -3.17. The number of carbonyl (C=O) groups excluding carboxylic acids is 1. The molecule has 35 heavy (non-hydrogen) atoms. The van der Waals surface area contributed by atoms with Gasteiger partial charge in [0, 0.05) is 38.3 Å². The molecule has 2 aromatic carbocycles. The van der Waals surface area contributed by atoms with Gasteiger partial charge in [0.15, 0.2) is 11.5 Å². The molecule has 1 fully saturated rings. The van der Waals surface area contributed by atoms with Gasteiger partial charge in [0.05, 0.1) is 34.5 Å². The number of fused-ring (bicyclic) bond motifs is 3. The van der Waals surface area contributed by atoms with Crippen LogP contribution in [0.2, 0.25) is 0 Å². The van der Waals surface area contributed by atoms with Gasteiger partial charge in [0.2, 0.25) is 5.75 Å². The first-order chi connectivity index (χ1) is 17.1. The van der Waals surface area contributed by atoms with E-state index in [0.29, 0.717) is 42.4 Å². The van der Waals surface area contributed by atoms with Crippen LogP contribution in [-0.4, -0.2) is 78.8 Å². The van der Waals surface area contributed by atoms with E-state index >= 15 is 0 Å². The van der Waals surface area contributed by atoms with E-state index in [1.54, 1.807) is 28.4 Å². The number of carbonyl (C=O) groups is 1. The first-order valence-electron chi connectivity index (χ1n) is 12.0. The fraction of sp³-hybridized carbons (Fsp3) is 0.500. The first-order valence-corrected chi connectivity index (χ1v) is 12.0. The highest BCUT2D eigenvalue weighted by atomic mass is 16.5. The first kappa shape index (κ1) is 24.9. The van der Waals surface area contributed by atoms with Gasteiger partial charge < -0.3 is 34.3 Å². The Morgan fingerprint density at radius 3 is 2.49 bits per heavy atom. The van der Waals surface area contributed by atoms with Gasteiger partial charge >= 0.3 is 6.09 Å². The molecule has 0 radical (unpaired) electrons. The Kier molecular flexibility index (Phi) is 8.20. The van der Waals surface area contributed by atoms with Crippen molar-refractivity contribution in [1.82, 2.24) is 15.5 Å². The lowest BCUT2D eigenvalue weighted by molar-refractivity contribution is 0.119. The van der Waals surface area contributed by atoms with Crippen LogP contribution >= 0.6 is 0 Å². The van der Waals surface area contributed by atoms with E-state index < -0.39 is 6.09 Å². The molecule has 1 saturated heterocycles. The van der Waals surface area contributed by atoms with Gasteiger partial charge in [-0.3, -0.25) is 4.90 Å². The molecule has 9 nitrogen and oxygen atoms in total. The predicted octanol–water partition coefficient (Wildman–Crippen LogP) is 3.01. The number of piperazine rings is 1. The number of amides is 1. The lowest BCUT2D eigenvalue weighted by Crippen LogP contribution is -2.45. The Labute approximate surface area is 206 Å². The van der Waals surface area contributed by atoms with E-state index in [1.165, 1.54) is 0 Å². The van der Waals surface area contributed by atoms with Crippen LogP contribution in [0.15, 0.2) is 24.3 Å². The van der Waals surface area contributed by atoms with Crippen LogP contribution in [0.5, 0.6) is 23.0 Å². The van der Waals surface area contributed by atoms with Gasteiger partial charge in [-0.25, -0.2) is 4.79 Å². The van der Waals surface area contributed by atoms with E-state index in [4.69, 9.17) is 23.7 Å². The minimum Gasteiger partial charge on any atom is -0.497 e. The van der Waals surface area contributed by atoms with Crippen molar-refractivity contribution in [3.05, 3.63) is 35.4 Å². The third kappa shape index (κ3) is 5.41. The Balaban J connectivity index is 1.61. The van der Waals surface area contributed by atoms with Crippen molar-refractivity contribution in [3.8, 4) is 34.1 Å². The van der Waals surface area contributed by atoms with Crippen molar-refractivity contribution in [2.45, 2.75) is 18.9 Å². The van der Waals surface area contributed by atoms with Crippen molar-refractivity contribution < 1.29 is 28.5 Å². The molecular formula is C26H35N3O6. The molecule has 1 aliphatic carbocycles. The summed E-state index contributed by atoms with van der Waals surface area (Å²) in [4.78, 5) is 15.1. The van der Waals surface area contributed by atoms with Crippen molar-refractivity contribution >= 4 is 6.09 Å². The SMILES string of the molecule is COc1ccc2c(c1)[C@@H](NC(=O)OCCN1CCNCC1)CCc1cc(OC)c(OC)c(OC)c1-2. The monoisotopic (exact) mass is 485 g/mol. The summed E-state index contributed by atoms with van der Waals surface area (Å²) in [6.07, 6.45) is 0.958. The molecule has 2 N–H and O–H groups in total. The maximum absolute atomic E-state index is 12.8. The summed E-state index contributed by atoms with van der Waals surface area (Å²) < 4.78 is 28.1. The molecule has 1 aliphatic heterocycles. The van der Waals surface area contributed by atoms with Crippen molar-refractivity contribution in [1.29, 1.82) is 0 Å². The summed E-state index contributed by atoms with van der Waals surface area (Å²) in [5, 5.41) is 6.41. The molecule has 0 bridgehead atoms. The topological polar surface area (TPSA) is 90.5 Å². The fourth-order valence-electron chi connectivity index (χ4n) is 4.87. The van der Waals surface area contributed by atoms with Crippen LogP contribution in [0.1, 0.15) is 23.6 Å². The fourth-order valence-corrected chi connectivity index (χ4v) is 4.87. The molecule has 9 heteroatoms. The molecule has 1 atom stereocenters. The molecule has 0 saturated carbocycles. The molecule has 0 aromatic heterocycles. The van der Waals surface area contributed by atoms with Crippen LogP contribution in [0.4, 0.5) is 4.79 Å². The van der Waals surface area contributed by atoms with Crippen LogP contribution in [0.25, 0.3) is 11.1 Å². The van der Waals surface area contributed by atoms with Crippen LogP contribution < -0.4 is 29.6 Å². The molecule has 4 rings (SSSR count). The lowest BCUT2D eigenvalue weighted by Gasteiger charge is -2.27. The number of rotatable bonds is 8. The summed E-state index contributed by atoms with van der Waals surface area (Å²) in [6.45, 7) is 4.94. The maximum Gasteiger partial charge on any atom is 0.407 e. The van der Waals surface area contributed by atoms with Crippen LogP contribution in [0.3, 0.4) is 0 Å². The van der Waals surface area contributed by atoms with E-state index in [9.17, 15) is 4.79 Å². The third-order valence-corrected chi connectivity index (χ3v) is 6.66. The van der Waals surface area contributed by atoms with Gasteiger partial charge in [-0.15, -0.1) is 0 Å². The quantitative estimate of drug-likeness (QED) is 0.590. The Bertz CT molecular complexity index is 1040. The average Bonchev–Trinajstić information content (AvgIpc) is 3.04. The molecule has 190 valence electrons. The summed E-state index contributed by atoms with van der Waals surface area (Å²) in [6, 6.07) is 7.59. The van der Waals surface area contributed by atoms with Crippen molar-refractivity contribution in [3.63, 3.8) is 0 Å². The molecule has 0 unspecified atom stereocenters. The Morgan fingerprint density at radius 2 is 1.80 bits per heavy atom. The van der Waals surface area contributed by atoms with Crippen molar-refractivity contribution in [2.24, 2.45) is 0 Å². The molecule has 2 aromatic rings. The molecule has 1 amide bonds. The maximum atomic E-state index is 12.8. The number of nitrogens with one attached hydrogen (secondary N) is 2. The molecular weight excluding hydrogens is 450 g/mol. The van der Waals surface area contributed by atoms with E-state index in [2.05, 4.69) is 15.5 Å². The highest BCUT2D eigenvalue weighted by Crippen LogP contribution is 2.50. The second-order valence-corrected chi connectivity index (χ2v) is 8.60. The van der Waals surface area contributed by atoms with Gasteiger partial charge in [0.25, 0.3) is 0 Å². The summed E-state index contributed by atoms with van der Waals surface area (Å²) in [7, 11) is 6.46. The summed E-state index contributed by atoms with van der Waals surface area (Å²) >= 11 is 0. The second kappa shape index (κ2) is 11.5. The molecule has 1 heterocycles. The van der Waals surface area contributed by atoms with Gasteiger partial charge in [0.1, 0.15) is 12.4 Å². The number of benzene rings is 2. The molecule has 0 spiro atoms. The zero-order valence-electron chi connectivity index (χ0n) is 20.9. The summed E-state index contributed by atoms with van der Waals surface area (Å²) in [5.41, 5.74) is 3.87. The number of nitrogens with zero attached hydrogens (tertiary/aromatic N) is 1. The summed E-state index contributed by atoms with van der Waals surface area (Å²) in [5.74, 6) is 2.46. The van der Waals surface area contributed by atoms with E-state index in [-0.39, 0.29) is 6.04 Å². The van der Waals surface area contributed by atoms with E-state index in [1.807, 2.05) is 24.3 Å². The predicted molar refractivity (Wildman–Crippen MR) is 133 cm³/mol. The average molecular weight is 486 g/mol. The molecule has 2 aliphatic rings. The number of ether oxygens (including phenoxy) is 5. The van der Waals surface area contributed by atoms with E-state index in [0.717, 1.165) is 55.0 Å². The Morgan fingerprint density at radius 1 is 1.03 bits per heavy atom.